The molecule has 1 aromatic carbocycles. The van der Waals surface area contributed by atoms with Crippen molar-refractivity contribution >= 4 is 16.1 Å². The molecule has 0 aliphatic carbocycles. The summed E-state index contributed by atoms with van der Waals surface area (Å²) in [5.41, 5.74) is 1.40. The first-order valence-electron chi connectivity index (χ1n) is 5.63. The van der Waals surface area contributed by atoms with Crippen molar-refractivity contribution in [3.63, 3.8) is 0 Å². The van der Waals surface area contributed by atoms with Crippen molar-refractivity contribution in [3.8, 4) is 5.75 Å². The molecule has 0 fully saturated rings. The summed E-state index contributed by atoms with van der Waals surface area (Å²) in [6, 6.07) is 3.31. The molecule has 0 radical (unpaired) electrons. The Labute approximate surface area is 108 Å². The van der Waals surface area contributed by atoms with Gasteiger partial charge in [0.25, 0.3) is 0 Å². The molecule has 1 unspecified atom stereocenters. The largest absolute Gasteiger partial charge is 0.496 e. The van der Waals surface area contributed by atoms with Crippen LogP contribution >= 0.6 is 0 Å². The van der Waals surface area contributed by atoms with Gasteiger partial charge in [0.05, 0.1) is 12.0 Å². The zero-order chi connectivity index (χ0) is 13.9. The molecular weight excluding hydrogens is 252 g/mol. The third-order valence-electron chi connectivity index (χ3n) is 2.91. The lowest BCUT2D eigenvalue weighted by Gasteiger charge is -2.16. The minimum Gasteiger partial charge on any atom is -0.496 e. The average Bonchev–Trinajstić information content (AvgIpc) is 2.27. The van der Waals surface area contributed by atoms with Gasteiger partial charge in [0, 0.05) is 12.7 Å². The molecule has 0 saturated carbocycles. The molecule has 0 bridgehead atoms. The van der Waals surface area contributed by atoms with E-state index >= 15 is 0 Å². The molecule has 0 aliphatic rings. The van der Waals surface area contributed by atoms with E-state index in [1.54, 1.807) is 19.1 Å². The highest BCUT2D eigenvalue weighted by Crippen LogP contribution is 2.32. The number of methoxy groups -OCH3 is 1. The smallest absolute Gasteiger partial charge is 0.175 e. The predicted octanol–water partition coefficient (Wildman–Crippen LogP) is 2.10. The minimum atomic E-state index is -3.32. The molecule has 0 heterocycles. The number of hydrogen-bond acceptors (Lipinski definition) is 4. The van der Waals surface area contributed by atoms with Crippen LogP contribution in [0.4, 0.5) is 0 Å². The van der Waals surface area contributed by atoms with Crippen molar-refractivity contribution in [2.45, 2.75) is 31.1 Å². The topological polar surface area (TPSA) is 60.4 Å². The van der Waals surface area contributed by atoms with Crippen molar-refractivity contribution in [3.05, 3.63) is 23.3 Å². The summed E-state index contributed by atoms with van der Waals surface area (Å²) in [5.74, 6) is 0.483. The van der Waals surface area contributed by atoms with Crippen molar-refractivity contribution in [1.82, 2.24) is 0 Å². The number of rotatable bonds is 5. The number of sulfone groups is 1. The lowest BCUT2D eigenvalue weighted by atomic mass is 9.97. The number of aldehydes is 1. The maximum absolute atomic E-state index is 11.8. The summed E-state index contributed by atoms with van der Waals surface area (Å²) in [6.45, 7) is 3.62. The normalized spacial score (nSPS) is 13.1. The number of aryl methyl sites for hydroxylation is 1. The van der Waals surface area contributed by atoms with Crippen LogP contribution < -0.4 is 4.74 Å². The molecule has 0 aliphatic heterocycles. The summed E-state index contributed by atoms with van der Waals surface area (Å²) >= 11 is 0. The van der Waals surface area contributed by atoms with Gasteiger partial charge in [-0.25, -0.2) is 8.42 Å². The molecular formula is C13H18O4S. The molecule has 5 heteroatoms. The summed E-state index contributed by atoms with van der Waals surface area (Å²) in [6.07, 6.45) is 2.25. The van der Waals surface area contributed by atoms with Crippen LogP contribution in [0.3, 0.4) is 0 Å². The summed E-state index contributed by atoms with van der Waals surface area (Å²) in [4.78, 5) is 10.9. The summed E-state index contributed by atoms with van der Waals surface area (Å²) in [7, 11) is -1.78. The van der Waals surface area contributed by atoms with E-state index in [-0.39, 0.29) is 17.2 Å². The Morgan fingerprint density at radius 1 is 1.39 bits per heavy atom. The van der Waals surface area contributed by atoms with Gasteiger partial charge in [-0.3, -0.25) is 0 Å². The lowest BCUT2D eigenvalue weighted by Crippen LogP contribution is -2.07. The van der Waals surface area contributed by atoms with E-state index in [0.717, 1.165) is 11.8 Å². The van der Waals surface area contributed by atoms with Gasteiger partial charge in [-0.05, 0) is 36.1 Å². The monoisotopic (exact) mass is 270 g/mol. The number of ether oxygens (including phenoxy) is 1. The molecule has 18 heavy (non-hydrogen) atoms. The van der Waals surface area contributed by atoms with Gasteiger partial charge in [-0.15, -0.1) is 0 Å². The molecule has 0 N–H and O–H groups in total. The van der Waals surface area contributed by atoms with Gasteiger partial charge in [0.15, 0.2) is 9.84 Å². The van der Waals surface area contributed by atoms with E-state index in [1.807, 2.05) is 6.92 Å². The minimum absolute atomic E-state index is 0.151. The zero-order valence-electron chi connectivity index (χ0n) is 11.1. The summed E-state index contributed by atoms with van der Waals surface area (Å²) in [5, 5.41) is 0. The van der Waals surface area contributed by atoms with Crippen molar-refractivity contribution in [2.75, 3.05) is 13.4 Å². The molecule has 0 aromatic heterocycles. The number of carbonyl (C=O) groups is 1. The second-order valence-electron chi connectivity index (χ2n) is 4.44. The maximum atomic E-state index is 11.8. The molecule has 4 nitrogen and oxygen atoms in total. The van der Waals surface area contributed by atoms with Gasteiger partial charge in [0.1, 0.15) is 12.0 Å². The van der Waals surface area contributed by atoms with E-state index in [9.17, 15) is 13.2 Å². The zero-order valence-corrected chi connectivity index (χ0v) is 11.9. The molecule has 0 saturated heterocycles. The van der Waals surface area contributed by atoms with Gasteiger partial charge in [0.2, 0.25) is 0 Å². The van der Waals surface area contributed by atoms with Crippen LogP contribution in [0, 0.1) is 6.92 Å². The van der Waals surface area contributed by atoms with Crippen LogP contribution in [-0.4, -0.2) is 28.1 Å². The summed E-state index contributed by atoms with van der Waals surface area (Å²) < 4.78 is 28.8. The maximum Gasteiger partial charge on any atom is 0.175 e. The van der Waals surface area contributed by atoms with Crippen molar-refractivity contribution in [2.24, 2.45) is 0 Å². The fourth-order valence-corrected chi connectivity index (χ4v) is 2.95. The van der Waals surface area contributed by atoms with E-state index in [4.69, 9.17) is 4.74 Å². The van der Waals surface area contributed by atoms with Gasteiger partial charge in [-0.2, -0.15) is 0 Å². The van der Waals surface area contributed by atoms with Crippen molar-refractivity contribution in [1.29, 1.82) is 0 Å². The van der Waals surface area contributed by atoms with Gasteiger partial charge >= 0.3 is 0 Å². The molecule has 1 aromatic rings. The Bertz CT molecular complexity index is 546. The quantitative estimate of drug-likeness (QED) is 0.769. The first-order valence-corrected chi connectivity index (χ1v) is 7.52. The molecule has 1 atom stereocenters. The molecule has 0 amide bonds. The fraction of sp³-hybridized carbons (Fsp3) is 0.462. The Kier molecular flexibility index (Phi) is 4.51. The van der Waals surface area contributed by atoms with Crippen LogP contribution in [0.15, 0.2) is 17.0 Å². The van der Waals surface area contributed by atoms with Crippen LogP contribution in [0.1, 0.15) is 30.4 Å². The van der Waals surface area contributed by atoms with Gasteiger partial charge in [-0.1, -0.05) is 6.92 Å². The third kappa shape index (κ3) is 3.10. The van der Waals surface area contributed by atoms with Crippen molar-refractivity contribution < 1.29 is 17.9 Å². The predicted molar refractivity (Wildman–Crippen MR) is 69.9 cm³/mol. The van der Waals surface area contributed by atoms with E-state index in [2.05, 4.69) is 0 Å². The highest BCUT2D eigenvalue weighted by Gasteiger charge is 2.20. The molecule has 100 valence electrons. The first kappa shape index (κ1) is 14.7. The second-order valence-corrected chi connectivity index (χ2v) is 6.42. The Hall–Kier alpha value is -1.36. The Morgan fingerprint density at radius 2 is 2.00 bits per heavy atom. The molecule has 1 rings (SSSR count). The number of carbonyl (C=O) groups excluding carboxylic acids is 1. The standard InChI is InChI=1S/C13H18O4S/c1-9(5-6-14)11-8-12(17-3)10(2)7-13(11)18(4,15)16/h6-9H,5H2,1-4H3. The third-order valence-corrected chi connectivity index (χ3v) is 4.06. The highest BCUT2D eigenvalue weighted by molar-refractivity contribution is 7.90. The number of hydrogen-bond donors (Lipinski definition) is 0. The van der Waals surface area contributed by atoms with Crippen LogP contribution in [0.25, 0.3) is 0 Å². The van der Waals surface area contributed by atoms with E-state index in [0.29, 0.717) is 11.3 Å². The van der Waals surface area contributed by atoms with E-state index < -0.39 is 9.84 Å². The molecule has 0 spiro atoms. The average molecular weight is 270 g/mol. The van der Waals surface area contributed by atoms with Crippen LogP contribution in [0.5, 0.6) is 5.75 Å². The SMILES string of the molecule is COc1cc(C(C)CC=O)c(S(C)(=O)=O)cc1C. The highest BCUT2D eigenvalue weighted by atomic mass is 32.2. The van der Waals surface area contributed by atoms with Crippen LogP contribution in [0.2, 0.25) is 0 Å². The first-order chi connectivity index (χ1) is 8.31. The second kappa shape index (κ2) is 5.52. The number of benzene rings is 1. The van der Waals surface area contributed by atoms with Crippen LogP contribution in [-0.2, 0) is 14.6 Å². The lowest BCUT2D eigenvalue weighted by molar-refractivity contribution is -0.108. The van der Waals surface area contributed by atoms with E-state index in [1.165, 1.54) is 13.4 Å². The van der Waals surface area contributed by atoms with Gasteiger partial charge < -0.3 is 9.53 Å². The Balaban J connectivity index is 3.49. The fourth-order valence-electron chi connectivity index (χ4n) is 1.87. The Morgan fingerprint density at radius 3 is 2.44 bits per heavy atom.